The van der Waals surface area contributed by atoms with E-state index in [1.807, 2.05) is 26.0 Å². The number of guanidine groups is 1. The molecule has 0 unspecified atom stereocenters. The number of nitrogens with one attached hydrogen (secondary N) is 2. The molecule has 0 atom stereocenters. The van der Waals surface area contributed by atoms with Gasteiger partial charge in [-0.2, -0.15) is 0 Å². The Morgan fingerprint density at radius 1 is 1.12 bits per heavy atom. The number of aromatic nitrogens is 1. The quantitative estimate of drug-likeness (QED) is 0.414. The molecular weight excluding hydrogens is 402 g/mol. The molecule has 0 aliphatic carbocycles. The Morgan fingerprint density at radius 2 is 1.94 bits per heavy atom. The minimum Gasteiger partial charge on any atom is -0.469 e. The number of nitrogens with zero attached hydrogens (tertiary/aromatic N) is 3. The van der Waals surface area contributed by atoms with E-state index in [2.05, 4.69) is 51.0 Å². The van der Waals surface area contributed by atoms with Crippen LogP contribution in [0.3, 0.4) is 0 Å². The van der Waals surface area contributed by atoms with Crippen LogP contribution in [0, 0.1) is 13.8 Å². The maximum absolute atomic E-state index is 5.45. The van der Waals surface area contributed by atoms with Gasteiger partial charge in [-0.25, -0.2) is 4.99 Å². The van der Waals surface area contributed by atoms with E-state index in [9.17, 15) is 0 Å². The molecular formula is C25H33N5O2. The average molecular weight is 436 g/mol. The molecule has 1 aliphatic heterocycles. The van der Waals surface area contributed by atoms with Gasteiger partial charge in [0.05, 0.1) is 18.5 Å². The third kappa shape index (κ3) is 6.23. The summed E-state index contributed by atoms with van der Waals surface area (Å²) in [7, 11) is 0. The highest BCUT2D eigenvalue weighted by Crippen LogP contribution is 2.15. The van der Waals surface area contributed by atoms with Gasteiger partial charge in [-0.1, -0.05) is 35.5 Å². The number of aryl methyl sites for hydroxylation is 2. The zero-order valence-electron chi connectivity index (χ0n) is 19.0. The predicted molar refractivity (Wildman–Crippen MR) is 125 cm³/mol. The minimum atomic E-state index is 0.404. The summed E-state index contributed by atoms with van der Waals surface area (Å²) in [5.41, 5.74) is 3.32. The van der Waals surface area contributed by atoms with E-state index >= 15 is 0 Å². The van der Waals surface area contributed by atoms with Gasteiger partial charge in [0.25, 0.3) is 0 Å². The van der Waals surface area contributed by atoms with Crippen LogP contribution < -0.4 is 10.6 Å². The van der Waals surface area contributed by atoms with Crippen molar-refractivity contribution in [3.05, 3.63) is 77.1 Å². The minimum absolute atomic E-state index is 0.404. The summed E-state index contributed by atoms with van der Waals surface area (Å²) >= 11 is 0. The van der Waals surface area contributed by atoms with Gasteiger partial charge in [0.1, 0.15) is 11.5 Å². The maximum Gasteiger partial charge on any atom is 0.191 e. The Kier molecular flexibility index (Phi) is 7.61. The van der Waals surface area contributed by atoms with Crippen molar-refractivity contribution in [2.45, 2.75) is 52.2 Å². The number of benzene rings is 1. The first-order valence-electron chi connectivity index (χ1n) is 11.4. The highest BCUT2D eigenvalue weighted by molar-refractivity contribution is 5.80. The van der Waals surface area contributed by atoms with Crippen molar-refractivity contribution in [1.29, 1.82) is 0 Å². The van der Waals surface area contributed by atoms with Crippen LogP contribution in [0.2, 0.25) is 0 Å². The van der Waals surface area contributed by atoms with Crippen molar-refractivity contribution in [3.63, 3.8) is 0 Å². The van der Waals surface area contributed by atoms with Crippen LogP contribution in [0.15, 0.2) is 62.7 Å². The fourth-order valence-electron chi connectivity index (χ4n) is 4.07. The first-order chi connectivity index (χ1) is 15.7. The second kappa shape index (κ2) is 11.0. The van der Waals surface area contributed by atoms with Gasteiger partial charge in [-0.15, -0.1) is 0 Å². The molecule has 3 aromatic rings. The number of aliphatic imine (C=N–C) groups is 1. The zero-order valence-corrected chi connectivity index (χ0v) is 19.0. The first-order valence-corrected chi connectivity index (χ1v) is 11.4. The molecule has 7 nitrogen and oxygen atoms in total. The number of likely N-dealkylation sites (tertiary alicyclic amines) is 1. The number of hydrogen-bond donors (Lipinski definition) is 2. The largest absolute Gasteiger partial charge is 0.469 e. The summed E-state index contributed by atoms with van der Waals surface area (Å²) in [6, 6.07) is 15.0. The van der Waals surface area contributed by atoms with E-state index < -0.39 is 0 Å². The molecule has 0 saturated carbocycles. The second-order valence-corrected chi connectivity index (χ2v) is 8.40. The van der Waals surface area contributed by atoms with Crippen LogP contribution in [-0.2, 0) is 19.5 Å². The summed E-state index contributed by atoms with van der Waals surface area (Å²) in [6.07, 6.45) is 4.71. The molecule has 1 fully saturated rings. The normalized spacial score (nSPS) is 15.8. The Hall–Kier alpha value is -3.06. The molecule has 1 saturated heterocycles. The van der Waals surface area contributed by atoms with E-state index in [4.69, 9.17) is 13.9 Å². The van der Waals surface area contributed by atoms with Crippen molar-refractivity contribution < 1.29 is 8.94 Å². The smallest absolute Gasteiger partial charge is 0.191 e. The van der Waals surface area contributed by atoms with Gasteiger partial charge < -0.3 is 19.6 Å². The summed E-state index contributed by atoms with van der Waals surface area (Å²) in [5, 5.41) is 11.2. The summed E-state index contributed by atoms with van der Waals surface area (Å²) in [6.45, 7) is 8.37. The average Bonchev–Trinajstić information content (AvgIpc) is 3.44. The number of hydrogen-bond acceptors (Lipinski definition) is 5. The van der Waals surface area contributed by atoms with Crippen LogP contribution in [-0.4, -0.2) is 41.7 Å². The number of rotatable bonds is 8. The number of piperidine rings is 1. The lowest BCUT2D eigenvalue weighted by Gasteiger charge is -2.33. The van der Waals surface area contributed by atoms with Crippen LogP contribution >= 0.6 is 0 Å². The predicted octanol–water partition coefficient (Wildman–Crippen LogP) is 3.83. The lowest BCUT2D eigenvalue weighted by molar-refractivity contribution is 0.198. The van der Waals surface area contributed by atoms with Gasteiger partial charge >= 0.3 is 0 Å². The molecule has 1 aliphatic rings. The van der Waals surface area contributed by atoms with E-state index in [0.717, 1.165) is 74.2 Å². The summed E-state index contributed by atoms with van der Waals surface area (Å²) < 4.78 is 10.7. The molecule has 0 spiro atoms. The highest BCUT2D eigenvalue weighted by Gasteiger charge is 2.20. The SMILES string of the molecule is Cc1noc(C)c1CN=C(NCCc1ccco1)NC1CCN(Cc2ccccc2)CC1. The molecule has 2 aromatic heterocycles. The van der Waals surface area contributed by atoms with E-state index in [1.165, 1.54) is 5.56 Å². The molecule has 4 rings (SSSR count). The molecule has 170 valence electrons. The Balaban J connectivity index is 1.32. The van der Waals surface area contributed by atoms with Crippen molar-refractivity contribution in [2.75, 3.05) is 19.6 Å². The zero-order chi connectivity index (χ0) is 22.2. The van der Waals surface area contributed by atoms with E-state index in [0.29, 0.717) is 12.6 Å². The van der Waals surface area contributed by atoms with Crippen molar-refractivity contribution >= 4 is 5.96 Å². The molecule has 7 heteroatoms. The molecule has 2 N–H and O–H groups in total. The van der Waals surface area contributed by atoms with Crippen LogP contribution in [0.25, 0.3) is 0 Å². The third-order valence-corrected chi connectivity index (χ3v) is 6.00. The van der Waals surface area contributed by atoms with Gasteiger partial charge in [-0.3, -0.25) is 4.90 Å². The molecule has 0 bridgehead atoms. The van der Waals surface area contributed by atoms with Crippen LogP contribution in [0.1, 0.15) is 41.2 Å². The monoisotopic (exact) mass is 435 g/mol. The first kappa shape index (κ1) is 22.1. The Morgan fingerprint density at radius 3 is 2.62 bits per heavy atom. The van der Waals surface area contributed by atoms with E-state index in [-0.39, 0.29) is 0 Å². The van der Waals surface area contributed by atoms with Crippen LogP contribution in [0.5, 0.6) is 0 Å². The van der Waals surface area contributed by atoms with Crippen molar-refractivity contribution in [2.24, 2.45) is 4.99 Å². The van der Waals surface area contributed by atoms with Gasteiger partial charge in [0.15, 0.2) is 5.96 Å². The molecule has 32 heavy (non-hydrogen) atoms. The topological polar surface area (TPSA) is 78.8 Å². The summed E-state index contributed by atoms with van der Waals surface area (Å²) in [5.74, 6) is 2.63. The second-order valence-electron chi connectivity index (χ2n) is 8.40. The fraction of sp³-hybridized carbons (Fsp3) is 0.440. The molecule has 0 amide bonds. The van der Waals surface area contributed by atoms with Gasteiger partial charge in [0, 0.05) is 44.2 Å². The van der Waals surface area contributed by atoms with Crippen molar-refractivity contribution in [1.82, 2.24) is 20.7 Å². The van der Waals surface area contributed by atoms with E-state index in [1.54, 1.807) is 6.26 Å². The Bertz CT molecular complexity index is 954. The molecule has 1 aromatic carbocycles. The molecule has 3 heterocycles. The Labute approximate surface area is 189 Å². The third-order valence-electron chi connectivity index (χ3n) is 6.00. The highest BCUT2D eigenvalue weighted by atomic mass is 16.5. The maximum atomic E-state index is 5.45. The number of furan rings is 1. The van der Waals surface area contributed by atoms with Crippen LogP contribution in [0.4, 0.5) is 0 Å². The van der Waals surface area contributed by atoms with Crippen molar-refractivity contribution in [3.8, 4) is 0 Å². The van der Waals surface area contributed by atoms with Gasteiger partial charge in [-0.05, 0) is 44.4 Å². The molecule has 0 radical (unpaired) electrons. The fourth-order valence-corrected chi connectivity index (χ4v) is 4.07. The summed E-state index contributed by atoms with van der Waals surface area (Å²) in [4.78, 5) is 7.36. The standard InChI is InChI=1S/C25H33N5O2/c1-19-24(20(2)32-29-19)17-27-25(26-13-10-23-9-6-16-31-23)28-22-11-14-30(15-12-22)18-21-7-4-3-5-8-21/h3-9,16,22H,10-15,17-18H2,1-2H3,(H2,26,27,28). The van der Waals surface area contributed by atoms with Gasteiger partial charge in [0.2, 0.25) is 0 Å². The lowest BCUT2D eigenvalue weighted by atomic mass is 10.0. The lowest BCUT2D eigenvalue weighted by Crippen LogP contribution is -2.48.